The van der Waals surface area contributed by atoms with Gasteiger partial charge in [0.15, 0.2) is 0 Å². The van der Waals surface area contributed by atoms with Gasteiger partial charge in [-0.05, 0) is 18.6 Å². The second-order valence-electron chi connectivity index (χ2n) is 3.88. The molecule has 1 unspecified atom stereocenters. The van der Waals surface area contributed by atoms with Crippen LogP contribution >= 0.6 is 23.2 Å². The maximum Gasteiger partial charge on any atom is 0.129 e. The van der Waals surface area contributed by atoms with Crippen LogP contribution in [0.5, 0.6) is 0 Å². The van der Waals surface area contributed by atoms with Crippen molar-refractivity contribution in [3.8, 4) is 0 Å². The highest BCUT2D eigenvalue weighted by Gasteiger charge is 2.20. The first-order chi connectivity index (χ1) is 7.72. The van der Waals surface area contributed by atoms with Crippen molar-refractivity contribution in [2.45, 2.75) is 18.8 Å². The number of hydrogen-bond acceptors (Lipinski definition) is 3. The Kier molecular flexibility index (Phi) is 3.90. The third kappa shape index (κ3) is 2.42. The second-order valence-corrected chi connectivity index (χ2v) is 4.56. The Morgan fingerprint density at radius 3 is 3.12 bits per heavy atom. The maximum atomic E-state index is 5.98. The van der Waals surface area contributed by atoms with Gasteiger partial charge in [0, 0.05) is 18.6 Å². The van der Waals surface area contributed by atoms with E-state index in [9.17, 15) is 0 Å². The number of ether oxygens (including phenoxy) is 1. The number of pyridine rings is 1. The third-order valence-corrected chi connectivity index (χ3v) is 3.35. The van der Waals surface area contributed by atoms with Crippen molar-refractivity contribution in [3.05, 3.63) is 22.8 Å². The Balaban J connectivity index is 2.25. The number of halogens is 2. The zero-order chi connectivity index (χ0) is 11.5. The van der Waals surface area contributed by atoms with Crippen LogP contribution in [-0.4, -0.2) is 30.8 Å². The molecule has 1 fully saturated rings. The summed E-state index contributed by atoms with van der Waals surface area (Å²) >= 11 is 11.8. The van der Waals surface area contributed by atoms with Gasteiger partial charge in [0.1, 0.15) is 5.82 Å². The number of nitrogens with zero attached hydrogens (tertiary/aromatic N) is 2. The molecule has 5 heteroatoms. The van der Waals surface area contributed by atoms with Crippen LogP contribution < -0.4 is 4.90 Å². The topological polar surface area (TPSA) is 25.4 Å². The van der Waals surface area contributed by atoms with Crippen LogP contribution in [0.4, 0.5) is 5.82 Å². The zero-order valence-corrected chi connectivity index (χ0v) is 10.6. The number of aromatic nitrogens is 1. The number of anilines is 1. The average molecular weight is 261 g/mol. The SMILES string of the molecule is CC1COCCN1c1cc(CCl)c(Cl)cn1. The van der Waals surface area contributed by atoms with E-state index in [0.29, 0.717) is 16.9 Å². The highest BCUT2D eigenvalue weighted by Crippen LogP contribution is 2.24. The summed E-state index contributed by atoms with van der Waals surface area (Å²) in [6.45, 7) is 4.46. The lowest BCUT2D eigenvalue weighted by atomic mass is 10.2. The smallest absolute Gasteiger partial charge is 0.129 e. The summed E-state index contributed by atoms with van der Waals surface area (Å²) in [5, 5.41) is 0.625. The van der Waals surface area contributed by atoms with Crippen LogP contribution in [0.25, 0.3) is 0 Å². The lowest BCUT2D eigenvalue weighted by molar-refractivity contribution is 0.0985. The summed E-state index contributed by atoms with van der Waals surface area (Å²) in [6.07, 6.45) is 1.66. The van der Waals surface area contributed by atoms with Crippen LogP contribution in [0.2, 0.25) is 5.02 Å². The minimum Gasteiger partial charge on any atom is -0.377 e. The number of hydrogen-bond donors (Lipinski definition) is 0. The Hall–Kier alpha value is -0.510. The standard InChI is InChI=1S/C11H14Cl2N2O/c1-8-7-16-3-2-15(8)11-4-9(5-12)10(13)6-14-11/h4,6,8H,2-3,5,7H2,1H3. The fourth-order valence-corrected chi connectivity index (χ4v) is 2.25. The van der Waals surface area contributed by atoms with Gasteiger partial charge < -0.3 is 9.64 Å². The van der Waals surface area contributed by atoms with E-state index in [0.717, 1.165) is 31.1 Å². The quantitative estimate of drug-likeness (QED) is 0.765. The number of alkyl halides is 1. The summed E-state index contributed by atoms with van der Waals surface area (Å²) in [7, 11) is 0. The fourth-order valence-electron chi connectivity index (χ4n) is 1.79. The van der Waals surface area contributed by atoms with Gasteiger partial charge in [-0.2, -0.15) is 0 Å². The molecule has 0 saturated carbocycles. The second kappa shape index (κ2) is 5.21. The maximum absolute atomic E-state index is 5.98. The van der Waals surface area contributed by atoms with Crippen molar-refractivity contribution in [2.24, 2.45) is 0 Å². The van der Waals surface area contributed by atoms with Crippen LogP contribution in [0, 0.1) is 0 Å². The van der Waals surface area contributed by atoms with E-state index in [1.54, 1.807) is 6.20 Å². The summed E-state index contributed by atoms with van der Waals surface area (Å²) in [4.78, 5) is 6.56. The molecule has 16 heavy (non-hydrogen) atoms. The molecule has 1 aliphatic rings. The summed E-state index contributed by atoms with van der Waals surface area (Å²) < 4.78 is 5.39. The largest absolute Gasteiger partial charge is 0.377 e. The molecule has 0 bridgehead atoms. The summed E-state index contributed by atoms with van der Waals surface area (Å²) in [5.41, 5.74) is 0.923. The molecule has 3 nitrogen and oxygen atoms in total. The molecule has 1 aromatic rings. The molecule has 0 radical (unpaired) electrons. The molecular formula is C11H14Cl2N2O. The van der Waals surface area contributed by atoms with E-state index in [1.165, 1.54) is 0 Å². The predicted octanol–water partition coefficient (Wildman–Crippen LogP) is 2.70. The highest BCUT2D eigenvalue weighted by molar-refractivity contribution is 6.32. The molecule has 2 heterocycles. The normalized spacial score (nSPS) is 21.2. The summed E-state index contributed by atoms with van der Waals surface area (Å²) in [6, 6.07) is 2.29. The van der Waals surface area contributed by atoms with Crippen molar-refractivity contribution in [1.29, 1.82) is 0 Å². The van der Waals surface area contributed by atoms with Crippen LogP contribution in [0.3, 0.4) is 0 Å². The van der Waals surface area contributed by atoms with E-state index in [4.69, 9.17) is 27.9 Å². The Morgan fingerprint density at radius 1 is 1.62 bits per heavy atom. The average Bonchev–Trinajstić information content (AvgIpc) is 2.31. The van der Waals surface area contributed by atoms with Crippen LogP contribution in [0.1, 0.15) is 12.5 Å². The summed E-state index contributed by atoms with van der Waals surface area (Å²) in [5.74, 6) is 1.34. The van der Waals surface area contributed by atoms with Crippen molar-refractivity contribution >= 4 is 29.0 Å². The van der Waals surface area contributed by atoms with Gasteiger partial charge in [-0.3, -0.25) is 0 Å². The molecule has 88 valence electrons. The highest BCUT2D eigenvalue weighted by atomic mass is 35.5. The fraction of sp³-hybridized carbons (Fsp3) is 0.545. The first kappa shape index (κ1) is 12.0. The minimum atomic E-state index is 0.339. The molecule has 1 saturated heterocycles. The Morgan fingerprint density at radius 2 is 2.44 bits per heavy atom. The molecule has 0 spiro atoms. The minimum absolute atomic E-state index is 0.339. The van der Waals surface area contributed by atoms with Gasteiger partial charge in [0.05, 0.1) is 24.3 Å². The monoisotopic (exact) mass is 260 g/mol. The Bertz CT molecular complexity index is 373. The molecule has 0 aliphatic carbocycles. The molecule has 0 aromatic carbocycles. The number of rotatable bonds is 2. The van der Waals surface area contributed by atoms with Crippen molar-refractivity contribution in [2.75, 3.05) is 24.7 Å². The molecular weight excluding hydrogens is 247 g/mol. The molecule has 0 amide bonds. The van der Waals surface area contributed by atoms with E-state index >= 15 is 0 Å². The molecule has 1 aliphatic heterocycles. The molecule has 1 atom stereocenters. The first-order valence-corrected chi connectivity index (χ1v) is 6.18. The van der Waals surface area contributed by atoms with Crippen molar-refractivity contribution < 1.29 is 4.74 Å². The van der Waals surface area contributed by atoms with Crippen molar-refractivity contribution in [1.82, 2.24) is 4.98 Å². The van der Waals surface area contributed by atoms with Gasteiger partial charge in [0.25, 0.3) is 0 Å². The zero-order valence-electron chi connectivity index (χ0n) is 9.12. The van der Waals surface area contributed by atoms with Gasteiger partial charge in [-0.15, -0.1) is 11.6 Å². The van der Waals surface area contributed by atoms with Gasteiger partial charge >= 0.3 is 0 Å². The first-order valence-electron chi connectivity index (χ1n) is 5.27. The predicted molar refractivity (Wildman–Crippen MR) is 66.4 cm³/mol. The van der Waals surface area contributed by atoms with E-state index in [-0.39, 0.29) is 0 Å². The lowest BCUT2D eigenvalue weighted by Crippen LogP contribution is -2.44. The van der Waals surface area contributed by atoms with E-state index in [2.05, 4.69) is 16.8 Å². The lowest BCUT2D eigenvalue weighted by Gasteiger charge is -2.34. The van der Waals surface area contributed by atoms with E-state index in [1.807, 2.05) is 6.07 Å². The molecule has 0 N–H and O–H groups in total. The van der Waals surface area contributed by atoms with Crippen molar-refractivity contribution in [3.63, 3.8) is 0 Å². The van der Waals surface area contributed by atoms with Gasteiger partial charge in [0.2, 0.25) is 0 Å². The van der Waals surface area contributed by atoms with E-state index < -0.39 is 0 Å². The van der Waals surface area contributed by atoms with Crippen LogP contribution in [-0.2, 0) is 10.6 Å². The number of morpholine rings is 1. The Labute approximate surface area is 105 Å². The molecule has 1 aromatic heterocycles. The molecule has 2 rings (SSSR count). The van der Waals surface area contributed by atoms with Gasteiger partial charge in [-0.1, -0.05) is 11.6 Å². The van der Waals surface area contributed by atoms with Gasteiger partial charge in [-0.25, -0.2) is 4.98 Å². The third-order valence-electron chi connectivity index (χ3n) is 2.73. The van der Waals surface area contributed by atoms with Crippen LogP contribution in [0.15, 0.2) is 12.3 Å².